The van der Waals surface area contributed by atoms with Gasteiger partial charge < -0.3 is 9.63 Å². The molecule has 0 saturated heterocycles. The molecule has 0 aromatic carbocycles. The fourth-order valence-electron chi connectivity index (χ4n) is 0.866. The van der Waals surface area contributed by atoms with Crippen LogP contribution in [0.15, 0.2) is 10.7 Å². The Kier molecular flexibility index (Phi) is 2.17. The first-order chi connectivity index (χ1) is 5.25. The first kappa shape index (κ1) is 7.67. The minimum atomic E-state index is -0.132. The predicted molar refractivity (Wildman–Crippen MR) is 40.0 cm³/mol. The van der Waals surface area contributed by atoms with Gasteiger partial charge in [-0.3, -0.25) is 0 Å². The number of rotatable bonds is 2. The Morgan fingerprint density at radius 2 is 2.64 bits per heavy atom. The van der Waals surface area contributed by atoms with E-state index in [9.17, 15) is 0 Å². The molecule has 0 radical (unpaired) electrons. The fraction of sp³-hybridized carbons (Fsp3) is 0.375. The van der Waals surface area contributed by atoms with Gasteiger partial charge in [-0.15, -0.1) is 12.3 Å². The highest BCUT2D eigenvalue weighted by Gasteiger charge is 2.12. The van der Waals surface area contributed by atoms with E-state index < -0.39 is 0 Å². The second kappa shape index (κ2) is 3.11. The first-order valence-electron chi connectivity index (χ1n) is 3.32. The van der Waals surface area contributed by atoms with Crippen molar-refractivity contribution < 1.29 is 9.63 Å². The molecule has 0 bridgehead atoms. The van der Waals surface area contributed by atoms with E-state index in [-0.39, 0.29) is 11.9 Å². The highest BCUT2D eigenvalue weighted by Crippen LogP contribution is 2.26. The molecule has 58 valence electrons. The van der Waals surface area contributed by atoms with E-state index in [0.29, 0.717) is 12.0 Å². The summed E-state index contributed by atoms with van der Waals surface area (Å²) < 4.78 is 4.47. The maximum atomic E-state index is 9.05. The van der Waals surface area contributed by atoms with Gasteiger partial charge in [-0.1, -0.05) is 12.1 Å². The van der Waals surface area contributed by atoms with Crippen molar-refractivity contribution in [2.75, 3.05) is 0 Å². The number of hydrogen-bond donors (Lipinski definition) is 1. The summed E-state index contributed by atoms with van der Waals surface area (Å²) >= 11 is 0. The largest absolute Gasteiger partial charge is 0.479 e. The van der Waals surface area contributed by atoms with Crippen LogP contribution in [-0.4, -0.2) is 10.3 Å². The van der Waals surface area contributed by atoms with Crippen LogP contribution in [0.1, 0.15) is 24.8 Å². The molecule has 0 saturated carbocycles. The van der Waals surface area contributed by atoms with Crippen molar-refractivity contribution in [1.82, 2.24) is 5.16 Å². The van der Waals surface area contributed by atoms with E-state index in [1.807, 2.05) is 6.92 Å². The van der Waals surface area contributed by atoms with E-state index in [2.05, 4.69) is 15.6 Å². The maximum Gasteiger partial charge on any atom is 0.312 e. The van der Waals surface area contributed by atoms with Crippen LogP contribution in [0.5, 0.6) is 5.95 Å². The van der Waals surface area contributed by atoms with Crippen LogP contribution in [-0.2, 0) is 0 Å². The van der Waals surface area contributed by atoms with Crippen molar-refractivity contribution in [3.05, 3.63) is 11.8 Å². The minimum absolute atomic E-state index is 0.103. The zero-order valence-corrected chi connectivity index (χ0v) is 6.24. The van der Waals surface area contributed by atoms with Gasteiger partial charge in [0.15, 0.2) is 0 Å². The molecule has 0 spiro atoms. The molecular formula is C8H9NO2. The third-order valence-electron chi connectivity index (χ3n) is 1.53. The Hall–Kier alpha value is -1.43. The molecule has 0 aliphatic carbocycles. The van der Waals surface area contributed by atoms with Crippen LogP contribution in [0.4, 0.5) is 0 Å². The number of aromatic nitrogens is 1. The van der Waals surface area contributed by atoms with Gasteiger partial charge in [-0.2, -0.15) is 0 Å². The Balaban J connectivity index is 2.77. The summed E-state index contributed by atoms with van der Waals surface area (Å²) in [7, 11) is 0. The van der Waals surface area contributed by atoms with Crippen LogP contribution in [0.25, 0.3) is 0 Å². The molecular weight excluding hydrogens is 142 g/mol. The van der Waals surface area contributed by atoms with Crippen molar-refractivity contribution in [2.24, 2.45) is 0 Å². The molecule has 0 unspecified atom stereocenters. The average Bonchev–Trinajstić information content (AvgIpc) is 2.36. The topological polar surface area (TPSA) is 46.3 Å². The molecule has 11 heavy (non-hydrogen) atoms. The molecule has 3 heteroatoms. The number of hydrogen-bond acceptors (Lipinski definition) is 3. The summed E-state index contributed by atoms with van der Waals surface area (Å²) in [4.78, 5) is 0. The Morgan fingerprint density at radius 3 is 3.09 bits per heavy atom. The molecule has 0 aliphatic rings. The minimum Gasteiger partial charge on any atom is -0.479 e. The number of aromatic hydroxyl groups is 1. The van der Waals surface area contributed by atoms with E-state index in [1.165, 1.54) is 6.20 Å². The summed E-state index contributed by atoms with van der Waals surface area (Å²) in [5, 5.41) is 12.5. The van der Waals surface area contributed by atoms with Gasteiger partial charge >= 0.3 is 5.95 Å². The molecule has 1 atom stereocenters. The fourth-order valence-corrected chi connectivity index (χ4v) is 0.866. The zero-order valence-electron chi connectivity index (χ0n) is 6.24. The van der Waals surface area contributed by atoms with Crippen LogP contribution in [0, 0.1) is 12.3 Å². The summed E-state index contributed by atoms with van der Waals surface area (Å²) in [5.74, 6) is 2.47. The molecule has 1 N–H and O–H groups in total. The smallest absolute Gasteiger partial charge is 0.312 e. The van der Waals surface area contributed by atoms with Gasteiger partial charge in [0.1, 0.15) is 0 Å². The van der Waals surface area contributed by atoms with Gasteiger partial charge in [-0.05, 0) is 0 Å². The SMILES string of the molecule is C#CC[C@@H](C)c1cnoc1O. The monoisotopic (exact) mass is 151 g/mol. The molecule has 0 aliphatic heterocycles. The lowest BCUT2D eigenvalue weighted by molar-refractivity contribution is 0.274. The van der Waals surface area contributed by atoms with Gasteiger partial charge in [0.25, 0.3) is 0 Å². The van der Waals surface area contributed by atoms with Crippen LogP contribution < -0.4 is 0 Å². The second-order valence-electron chi connectivity index (χ2n) is 2.40. The molecule has 0 amide bonds. The Labute approximate surface area is 65.0 Å². The molecule has 3 nitrogen and oxygen atoms in total. The van der Waals surface area contributed by atoms with Crippen LogP contribution in [0.2, 0.25) is 0 Å². The van der Waals surface area contributed by atoms with E-state index in [0.717, 1.165) is 0 Å². The van der Waals surface area contributed by atoms with Gasteiger partial charge in [0.2, 0.25) is 0 Å². The Morgan fingerprint density at radius 1 is 1.91 bits per heavy atom. The summed E-state index contributed by atoms with van der Waals surface area (Å²) in [6.07, 6.45) is 7.16. The molecule has 1 aromatic rings. The van der Waals surface area contributed by atoms with Crippen molar-refractivity contribution in [3.63, 3.8) is 0 Å². The molecule has 1 heterocycles. The summed E-state index contributed by atoms with van der Waals surface area (Å²) in [6.45, 7) is 1.91. The second-order valence-corrected chi connectivity index (χ2v) is 2.40. The van der Waals surface area contributed by atoms with Crippen molar-refractivity contribution in [1.29, 1.82) is 0 Å². The third kappa shape index (κ3) is 1.53. The van der Waals surface area contributed by atoms with Gasteiger partial charge in [-0.25, -0.2) is 0 Å². The van der Waals surface area contributed by atoms with E-state index in [1.54, 1.807) is 0 Å². The van der Waals surface area contributed by atoms with E-state index >= 15 is 0 Å². The average molecular weight is 151 g/mol. The van der Waals surface area contributed by atoms with Crippen molar-refractivity contribution >= 4 is 0 Å². The lowest BCUT2D eigenvalue weighted by Gasteiger charge is -2.01. The highest BCUT2D eigenvalue weighted by atomic mass is 16.5. The van der Waals surface area contributed by atoms with Crippen molar-refractivity contribution in [2.45, 2.75) is 19.3 Å². The van der Waals surface area contributed by atoms with Crippen LogP contribution >= 0.6 is 0 Å². The maximum absolute atomic E-state index is 9.05. The Bertz CT molecular complexity index is 272. The normalized spacial score (nSPS) is 12.4. The number of terminal acetylenes is 1. The van der Waals surface area contributed by atoms with Crippen LogP contribution in [0.3, 0.4) is 0 Å². The number of nitrogens with zero attached hydrogens (tertiary/aromatic N) is 1. The lowest BCUT2D eigenvalue weighted by atomic mass is 10.0. The molecule has 0 fully saturated rings. The zero-order chi connectivity index (χ0) is 8.27. The van der Waals surface area contributed by atoms with E-state index in [4.69, 9.17) is 11.5 Å². The standard InChI is InChI=1S/C8H9NO2/c1-3-4-6(2)7-5-9-11-8(7)10/h1,5-6,10H,4H2,2H3/t6-/m1/s1. The summed E-state index contributed by atoms with van der Waals surface area (Å²) in [5.41, 5.74) is 0.669. The highest BCUT2D eigenvalue weighted by molar-refractivity contribution is 5.23. The first-order valence-corrected chi connectivity index (χ1v) is 3.32. The summed E-state index contributed by atoms with van der Waals surface area (Å²) in [6, 6.07) is 0. The van der Waals surface area contributed by atoms with Gasteiger partial charge in [0.05, 0.1) is 11.8 Å². The predicted octanol–water partition coefficient (Wildman–Crippen LogP) is 1.51. The third-order valence-corrected chi connectivity index (χ3v) is 1.53. The quantitative estimate of drug-likeness (QED) is 0.651. The van der Waals surface area contributed by atoms with Crippen molar-refractivity contribution in [3.8, 4) is 18.3 Å². The lowest BCUT2D eigenvalue weighted by Crippen LogP contribution is -1.88. The van der Waals surface area contributed by atoms with Gasteiger partial charge in [0, 0.05) is 12.3 Å². The molecule has 1 rings (SSSR count). The molecule has 1 aromatic heterocycles.